The second-order valence-corrected chi connectivity index (χ2v) is 9.52. The lowest BCUT2D eigenvalue weighted by Crippen LogP contribution is -2.16. The molecule has 0 radical (unpaired) electrons. The van der Waals surface area contributed by atoms with E-state index < -0.39 is 18.1 Å². The standard InChI is InChI=1S/C33H32O11/c1-4-31(35)40-17-15-38-13-14-39-16-18-41-33(37)44-24-7-5-23(6-8-24)32(36)43-26-10-12-28-27-11-9-25(42-22(3)34)19-29(27)21(2)30(28)20-26/h4-12,19-21H,1,13-18H2,2-3H3. The van der Waals surface area contributed by atoms with Gasteiger partial charge in [-0.2, -0.15) is 0 Å². The van der Waals surface area contributed by atoms with Crippen molar-refractivity contribution < 1.29 is 52.3 Å². The van der Waals surface area contributed by atoms with Crippen LogP contribution in [0.1, 0.15) is 41.3 Å². The van der Waals surface area contributed by atoms with Crippen molar-refractivity contribution in [3.63, 3.8) is 0 Å². The Morgan fingerprint density at radius 3 is 1.77 bits per heavy atom. The number of carbonyl (C=O) groups excluding carboxylic acids is 4. The molecular formula is C33H32O11. The summed E-state index contributed by atoms with van der Waals surface area (Å²) in [5.41, 5.74) is 4.35. The van der Waals surface area contributed by atoms with Gasteiger partial charge in [0.15, 0.2) is 0 Å². The number of esters is 3. The van der Waals surface area contributed by atoms with Crippen LogP contribution >= 0.6 is 0 Å². The van der Waals surface area contributed by atoms with Crippen molar-refractivity contribution in [2.45, 2.75) is 19.8 Å². The Bertz CT molecular complexity index is 1510. The lowest BCUT2D eigenvalue weighted by Gasteiger charge is -2.10. The van der Waals surface area contributed by atoms with E-state index in [0.717, 1.165) is 28.3 Å². The largest absolute Gasteiger partial charge is 0.513 e. The lowest BCUT2D eigenvalue weighted by atomic mass is 9.99. The van der Waals surface area contributed by atoms with E-state index in [2.05, 4.69) is 6.58 Å². The predicted molar refractivity (Wildman–Crippen MR) is 157 cm³/mol. The third-order valence-electron chi connectivity index (χ3n) is 6.49. The third-order valence-corrected chi connectivity index (χ3v) is 6.49. The Morgan fingerprint density at radius 1 is 0.682 bits per heavy atom. The Kier molecular flexibility index (Phi) is 11.2. The monoisotopic (exact) mass is 604 g/mol. The number of hydrogen-bond acceptors (Lipinski definition) is 11. The molecule has 230 valence electrons. The molecule has 1 aliphatic carbocycles. The number of ether oxygens (including phenoxy) is 7. The van der Waals surface area contributed by atoms with E-state index in [1.54, 1.807) is 12.1 Å². The van der Waals surface area contributed by atoms with Gasteiger partial charge in [0.1, 0.15) is 30.5 Å². The molecule has 1 atom stereocenters. The van der Waals surface area contributed by atoms with Crippen LogP contribution in [0.5, 0.6) is 17.2 Å². The van der Waals surface area contributed by atoms with Gasteiger partial charge in [-0.3, -0.25) is 4.79 Å². The van der Waals surface area contributed by atoms with Crippen molar-refractivity contribution in [1.29, 1.82) is 0 Å². The highest BCUT2D eigenvalue weighted by molar-refractivity contribution is 5.91. The van der Waals surface area contributed by atoms with E-state index >= 15 is 0 Å². The molecule has 1 unspecified atom stereocenters. The molecule has 11 heteroatoms. The SMILES string of the molecule is C=CC(=O)OCCOCCOCCOC(=O)Oc1ccc(C(=O)Oc2ccc3c(c2)C(C)c2cc(OC(C)=O)ccc2-3)cc1. The molecule has 0 saturated heterocycles. The summed E-state index contributed by atoms with van der Waals surface area (Å²) in [6, 6.07) is 16.9. The van der Waals surface area contributed by atoms with Crippen molar-refractivity contribution in [2.75, 3.05) is 39.6 Å². The average Bonchev–Trinajstić information content (AvgIpc) is 3.28. The lowest BCUT2D eigenvalue weighted by molar-refractivity contribution is -0.139. The molecule has 0 spiro atoms. The van der Waals surface area contributed by atoms with Crippen LogP contribution in [0.25, 0.3) is 11.1 Å². The van der Waals surface area contributed by atoms with Crippen LogP contribution in [-0.2, 0) is 28.5 Å². The zero-order chi connectivity index (χ0) is 31.5. The summed E-state index contributed by atoms with van der Waals surface area (Å²) in [7, 11) is 0. The van der Waals surface area contributed by atoms with Crippen LogP contribution < -0.4 is 14.2 Å². The van der Waals surface area contributed by atoms with Gasteiger partial charge in [-0.25, -0.2) is 14.4 Å². The number of benzene rings is 3. The molecule has 0 amide bonds. The first-order valence-corrected chi connectivity index (χ1v) is 13.8. The zero-order valence-corrected chi connectivity index (χ0v) is 24.4. The molecular weight excluding hydrogens is 572 g/mol. The Hall–Kier alpha value is -5.00. The maximum Gasteiger partial charge on any atom is 0.513 e. The second-order valence-electron chi connectivity index (χ2n) is 9.52. The highest BCUT2D eigenvalue weighted by Gasteiger charge is 2.27. The molecule has 0 saturated carbocycles. The molecule has 3 aromatic rings. The first-order valence-electron chi connectivity index (χ1n) is 13.8. The van der Waals surface area contributed by atoms with Gasteiger partial charge in [-0.1, -0.05) is 25.6 Å². The van der Waals surface area contributed by atoms with Crippen LogP contribution in [0.3, 0.4) is 0 Å². The smallest absolute Gasteiger partial charge is 0.460 e. The van der Waals surface area contributed by atoms with Crippen molar-refractivity contribution in [3.05, 3.63) is 90.0 Å². The van der Waals surface area contributed by atoms with Crippen LogP contribution in [0.2, 0.25) is 0 Å². The number of carbonyl (C=O) groups is 4. The van der Waals surface area contributed by atoms with E-state index in [9.17, 15) is 19.2 Å². The highest BCUT2D eigenvalue weighted by atomic mass is 16.7. The first-order chi connectivity index (χ1) is 21.2. The Morgan fingerprint density at radius 2 is 1.20 bits per heavy atom. The predicted octanol–water partition coefficient (Wildman–Crippen LogP) is 5.24. The van der Waals surface area contributed by atoms with E-state index in [1.807, 2.05) is 31.2 Å². The average molecular weight is 605 g/mol. The number of rotatable bonds is 14. The summed E-state index contributed by atoms with van der Waals surface area (Å²) < 4.78 is 36.2. The van der Waals surface area contributed by atoms with E-state index in [1.165, 1.54) is 31.2 Å². The molecule has 11 nitrogen and oxygen atoms in total. The fourth-order valence-electron chi connectivity index (χ4n) is 4.47. The molecule has 3 aromatic carbocycles. The van der Waals surface area contributed by atoms with Gasteiger partial charge in [0.05, 0.1) is 32.0 Å². The van der Waals surface area contributed by atoms with Crippen molar-refractivity contribution in [3.8, 4) is 28.4 Å². The molecule has 0 heterocycles. The van der Waals surface area contributed by atoms with E-state index in [4.69, 9.17) is 33.2 Å². The molecule has 0 aromatic heterocycles. The minimum atomic E-state index is -0.919. The van der Waals surface area contributed by atoms with Crippen molar-refractivity contribution in [2.24, 2.45) is 0 Å². The second kappa shape index (κ2) is 15.5. The Labute approximate surface area is 254 Å². The van der Waals surface area contributed by atoms with Gasteiger partial charge in [0.25, 0.3) is 0 Å². The number of fused-ring (bicyclic) bond motifs is 3. The summed E-state index contributed by atoms with van der Waals surface area (Å²) in [6.45, 7) is 7.69. The van der Waals surface area contributed by atoms with Gasteiger partial charge in [-0.15, -0.1) is 0 Å². The molecule has 0 fully saturated rings. The highest BCUT2D eigenvalue weighted by Crippen LogP contribution is 2.47. The van der Waals surface area contributed by atoms with Crippen molar-refractivity contribution in [1.82, 2.24) is 0 Å². The summed E-state index contributed by atoms with van der Waals surface area (Å²) in [5.74, 6) is -0.393. The fraction of sp³-hybridized carbons (Fsp3) is 0.273. The first kappa shape index (κ1) is 31.9. The van der Waals surface area contributed by atoms with Crippen LogP contribution in [-0.4, -0.2) is 63.7 Å². The van der Waals surface area contributed by atoms with Gasteiger partial charge in [0, 0.05) is 18.9 Å². The fourth-order valence-corrected chi connectivity index (χ4v) is 4.47. The molecule has 0 bridgehead atoms. The normalized spacial score (nSPS) is 12.8. The van der Waals surface area contributed by atoms with Gasteiger partial charge >= 0.3 is 24.1 Å². The summed E-state index contributed by atoms with van der Waals surface area (Å²) in [5, 5.41) is 0. The maximum atomic E-state index is 12.8. The molecule has 4 rings (SSSR count). The molecule has 0 aliphatic heterocycles. The maximum absolute atomic E-state index is 12.8. The minimum absolute atomic E-state index is 0.0120. The van der Waals surface area contributed by atoms with Crippen LogP contribution in [0, 0.1) is 0 Å². The van der Waals surface area contributed by atoms with Crippen LogP contribution in [0.4, 0.5) is 4.79 Å². The summed E-state index contributed by atoms with van der Waals surface area (Å²) in [4.78, 5) is 47.0. The topological polar surface area (TPSA) is 133 Å². The Balaban J connectivity index is 1.18. The van der Waals surface area contributed by atoms with E-state index in [-0.39, 0.29) is 62.8 Å². The zero-order valence-electron chi connectivity index (χ0n) is 24.4. The van der Waals surface area contributed by atoms with Crippen molar-refractivity contribution >= 4 is 24.1 Å². The van der Waals surface area contributed by atoms with Gasteiger partial charge < -0.3 is 33.2 Å². The quantitative estimate of drug-likeness (QED) is 0.0786. The van der Waals surface area contributed by atoms with Crippen LogP contribution in [0.15, 0.2) is 73.3 Å². The molecule has 1 aliphatic rings. The van der Waals surface area contributed by atoms with E-state index in [0.29, 0.717) is 11.5 Å². The third kappa shape index (κ3) is 8.76. The van der Waals surface area contributed by atoms with Gasteiger partial charge in [0.2, 0.25) is 0 Å². The molecule has 44 heavy (non-hydrogen) atoms. The summed E-state index contributed by atoms with van der Waals surface area (Å²) in [6.07, 6.45) is 0.153. The molecule has 0 N–H and O–H groups in total. The summed E-state index contributed by atoms with van der Waals surface area (Å²) >= 11 is 0. The van der Waals surface area contributed by atoms with Gasteiger partial charge in [-0.05, 0) is 70.8 Å². The minimum Gasteiger partial charge on any atom is -0.460 e. The number of hydrogen-bond donors (Lipinski definition) is 0.